The zero-order chi connectivity index (χ0) is 24.8. The number of nitrogens with one attached hydrogen (secondary N) is 1. The summed E-state index contributed by atoms with van der Waals surface area (Å²) in [5.74, 6) is -2.93. The molecular weight excluding hydrogens is 480 g/mol. The highest BCUT2D eigenvalue weighted by molar-refractivity contribution is 7.12. The maximum absolute atomic E-state index is 13.1. The van der Waals surface area contributed by atoms with Crippen molar-refractivity contribution in [3.63, 3.8) is 0 Å². The van der Waals surface area contributed by atoms with Gasteiger partial charge in [0, 0.05) is 12.0 Å². The molecule has 0 saturated carbocycles. The van der Waals surface area contributed by atoms with Gasteiger partial charge in [-0.25, -0.2) is 10.4 Å². The van der Waals surface area contributed by atoms with Crippen LogP contribution in [0.25, 0.3) is 0 Å². The van der Waals surface area contributed by atoms with E-state index < -0.39 is 23.8 Å². The zero-order valence-corrected chi connectivity index (χ0v) is 19.6. The number of hydrazine groups is 1. The van der Waals surface area contributed by atoms with Gasteiger partial charge in [0.15, 0.2) is 5.78 Å². The van der Waals surface area contributed by atoms with Crippen molar-refractivity contribution in [2.45, 2.75) is 25.8 Å². The van der Waals surface area contributed by atoms with Crippen molar-refractivity contribution < 1.29 is 29.4 Å². The molecule has 1 heterocycles. The Morgan fingerprint density at radius 3 is 2.44 bits per heavy atom. The summed E-state index contributed by atoms with van der Waals surface area (Å²) in [6.45, 7) is 1.29. The number of Topliss-reactive ketones (excluding diaryl/α,β-unsaturated/α-hetero) is 1. The van der Waals surface area contributed by atoms with Gasteiger partial charge in [0.05, 0.1) is 15.5 Å². The number of nitrogens with zero attached hydrogens (tertiary/aromatic N) is 1. The Kier molecular flexibility index (Phi) is 8.17. The van der Waals surface area contributed by atoms with Crippen molar-refractivity contribution in [3.05, 3.63) is 86.6 Å². The zero-order valence-electron chi connectivity index (χ0n) is 18.0. The van der Waals surface area contributed by atoms with Crippen LogP contribution in [0.15, 0.2) is 60.0 Å². The fourth-order valence-electron chi connectivity index (χ4n) is 3.07. The summed E-state index contributed by atoms with van der Waals surface area (Å²) in [6, 6.07) is 12.6. The van der Waals surface area contributed by atoms with E-state index in [1.807, 2.05) is 0 Å². The predicted octanol–water partition coefficient (Wildman–Crippen LogP) is 4.18. The van der Waals surface area contributed by atoms with Gasteiger partial charge in [0.1, 0.15) is 11.8 Å². The number of hydrogen-bond donors (Lipinski definition) is 3. The van der Waals surface area contributed by atoms with Crippen molar-refractivity contribution in [2.24, 2.45) is 0 Å². The molecule has 2 aromatic carbocycles. The molecule has 0 aliphatic heterocycles. The van der Waals surface area contributed by atoms with E-state index >= 15 is 0 Å². The summed E-state index contributed by atoms with van der Waals surface area (Å²) in [4.78, 5) is 50.1. The number of hydrogen-bond acceptors (Lipinski definition) is 7. The Morgan fingerprint density at radius 1 is 1.06 bits per heavy atom. The third-order valence-electron chi connectivity index (χ3n) is 4.90. The van der Waals surface area contributed by atoms with Crippen LogP contribution in [-0.4, -0.2) is 44.8 Å². The number of aromatic hydroxyl groups is 1. The van der Waals surface area contributed by atoms with E-state index in [9.17, 15) is 29.4 Å². The molecule has 0 aliphatic rings. The van der Waals surface area contributed by atoms with E-state index in [1.165, 1.54) is 31.2 Å². The van der Waals surface area contributed by atoms with Gasteiger partial charge < -0.3 is 10.2 Å². The van der Waals surface area contributed by atoms with Crippen LogP contribution in [-0.2, 0) is 11.2 Å². The summed E-state index contributed by atoms with van der Waals surface area (Å²) in [5.41, 5.74) is 3.42. The molecule has 0 fully saturated rings. The van der Waals surface area contributed by atoms with E-state index in [0.29, 0.717) is 11.4 Å². The number of aryl methyl sites for hydroxylation is 1. The molecule has 1 aromatic heterocycles. The summed E-state index contributed by atoms with van der Waals surface area (Å²) in [7, 11) is 0. The minimum Gasteiger partial charge on any atom is -0.508 e. The van der Waals surface area contributed by atoms with E-state index in [1.54, 1.807) is 35.7 Å². The molecule has 0 unspecified atom stereocenters. The third-order valence-corrected chi connectivity index (χ3v) is 6.07. The lowest BCUT2D eigenvalue weighted by molar-refractivity contribution is -0.139. The molecule has 2 amide bonds. The molecule has 3 aromatic rings. The highest BCUT2D eigenvalue weighted by Gasteiger charge is 2.29. The van der Waals surface area contributed by atoms with Gasteiger partial charge in [0.25, 0.3) is 11.8 Å². The lowest BCUT2D eigenvalue weighted by Crippen LogP contribution is -2.52. The lowest BCUT2D eigenvalue weighted by Gasteiger charge is -2.24. The predicted molar refractivity (Wildman–Crippen MR) is 127 cm³/mol. The average Bonchev–Trinajstić information content (AvgIpc) is 3.35. The van der Waals surface area contributed by atoms with Crippen molar-refractivity contribution in [3.8, 4) is 5.75 Å². The SMILES string of the molecule is C[C@H](NN(C(=O)c1cccs1)C(=O)c1ccc(C(=O)CCc2cccc(O)c2)cc1Cl)C(=O)O. The average molecular weight is 501 g/mol. The smallest absolute Gasteiger partial charge is 0.322 e. The number of thiophene rings is 1. The minimum atomic E-state index is -1.25. The number of aliphatic carboxylic acids is 1. The first-order valence-electron chi connectivity index (χ1n) is 10.2. The van der Waals surface area contributed by atoms with Gasteiger partial charge in [-0.3, -0.25) is 19.2 Å². The summed E-state index contributed by atoms with van der Waals surface area (Å²) < 4.78 is 0. The molecule has 10 heteroatoms. The molecule has 3 N–H and O–H groups in total. The summed E-state index contributed by atoms with van der Waals surface area (Å²) in [6.07, 6.45) is 0.569. The number of carbonyl (C=O) groups excluding carboxylic acids is 3. The van der Waals surface area contributed by atoms with Crippen LogP contribution in [0, 0.1) is 0 Å². The summed E-state index contributed by atoms with van der Waals surface area (Å²) in [5, 5.41) is 21.0. The van der Waals surface area contributed by atoms with Gasteiger partial charge in [0.2, 0.25) is 0 Å². The number of carbonyl (C=O) groups is 4. The Balaban J connectivity index is 1.79. The second-order valence-electron chi connectivity index (χ2n) is 7.40. The quantitative estimate of drug-likeness (QED) is 0.229. The minimum absolute atomic E-state index is 0.0537. The van der Waals surface area contributed by atoms with Crippen molar-refractivity contribution >= 4 is 46.5 Å². The Hall–Kier alpha value is -3.53. The number of carboxylic acids is 1. The lowest BCUT2D eigenvalue weighted by atomic mass is 10.0. The van der Waals surface area contributed by atoms with Crippen LogP contribution in [0.3, 0.4) is 0 Å². The maximum Gasteiger partial charge on any atom is 0.322 e. The maximum atomic E-state index is 13.1. The van der Waals surface area contributed by atoms with Gasteiger partial charge in [-0.15, -0.1) is 11.3 Å². The number of imide groups is 1. The number of rotatable bonds is 9. The van der Waals surface area contributed by atoms with Gasteiger partial charge in [-0.2, -0.15) is 0 Å². The van der Waals surface area contributed by atoms with Crippen molar-refractivity contribution in [2.75, 3.05) is 0 Å². The first-order valence-corrected chi connectivity index (χ1v) is 11.4. The van der Waals surface area contributed by atoms with Crippen LogP contribution >= 0.6 is 22.9 Å². The van der Waals surface area contributed by atoms with Crippen LogP contribution in [0.2, 0.25) is 5.02 Å². The van der Waals surface area contributed by atoms with E-state index in [2.05, 4.69) is 5.43 Å². The monoisotopic (exact) mass is 500 g/mol. The molecular formula is C24H21ClN2O6S. The van der Waals surface area contributed by atoms with Crippen molar-refractivity contribution in [1.82, 2.24) is 10.4 Å². The van der Waals surface area contributed by atoms with E-state index in [4.69, 9.17) is 11.6 Å². The number of carboxylic acid groups (broad SMARTS) is 1. The molecule has 0 spiro atoms. The van der Waals surface area contributed by atoms with Gasteiger partial charge in [-0.1, -0.05) is 35.9 Å². The first-order chi connectivity index (χ1) is 16.2. The summed E-state index contributed by atoms with van der Waals surface area (Å²) >= 11 is 7.39. The van der Waals surface area contributed by atoms with Crippen LogP contribution in [0.4, 0.5) is 0 Å². The van der Waals surface area contributed by atoms with Crippen LogP contribution < -0.4 is 5.43 Å². The number of ketones is 1. The third kappa shape index (κ3) is 6.07. The fraction of sp³-hybridized carbons (Fsp3) is 0.167. The second-order valence-corrected chi connectivity index (χ2v) is 8.75. The normalized spacial score (nSPS) is 11.6. The number of benzene rings is 2. The highest BCUT2D eigenvalue weighted by Crippen LogP contribution is 2.23. The Bertz CT molecular complexity index is 1230. The molecule has 0 bridgehead atoms. The molecule has 176 valence electrons. The van der Waals surface area contributed by atoms with Crippen molar-refractivity contribution in [1.29, 1.82) is 0 Å². The molecule has 3 rings (SSSR count). The van der Waals surface area contributed by atoms with Crippen LogP contribution in [0.5, 0.6) is 5.75 Å². The second kappa shape index (κ2) is 11.1. The standard InChI is InChI=1S/C24H21ClN2O6S/c1-14(24(32)33)26-27(23(31)21-6-3-11-34-21)22(30)18-9-8-16(13-19(18)25)20(29)10-7-15-4-2-5-17(28)12-15/h2-6,8-9,11-14,26,28H,7,10H2,1H3,(H,32,33)/t14-/m0/s1. The molecule has 34 heavy (non-hydrogen) atoms. The topological polar surface area (TPSA) is 124 Å². The number of amides is 2. The molecule has 0 saturated heterocycles. The molecule has 1 atom stereocenters. The largest absolute Gasteiger partial charge is 0.508 e. The molecule has 0 radical (unpaired) electrons. The van der Waals surface area contributed by atoms with Crippen LogP contribution in [0.1, 0.15) is 49.3 Å². The molecule has 0 aliphatic carbocycles. The Labute approximate surface area is 204 Å². The fourth-order valence-corrected chi connectivity index (χ4v) is 3.98. The van der Waals surface area contributed by atoms with E-state index in [-0.39, 0.29) is 39.0 Å². The highest BCUT2D eigenvalue weighted by atomic mass is 35.5. The first kappa shape index (κ1) is 25.1. The van der Waals surface area contributed by atoms with E-state index in [0.717, 1.165) is 16.9 Å². The number of halogens is 1. The van der Waals surface area contributed by atoms with Gasteiger partial charge >= 0.3 is 5.97 Å². The Morgan fingerprint density at radius 2 is 1.82 bits per heavy atom. The van der Waals surface area contributed by atoms with Gasteiger partial charge in [-0.05, 0) is 54.6 Å². The number of phenols is 1. The molecule has 8 nitrogen and oxygen atoms in total. The number of phenolic OH excluding ortho intramolecular Hbond substituents is 1.